The van der Waals surface area contributed by atoms with Gasteiger partial charge in [-0.25, -0.2) is 20.0 Å². The molecule has 4 fully saturated rings. The van der Waals surface area contributed by atoms with E-state index in [1.54, 1.807) is 31.0 Å². The van der Waals surface area contributed by atoms with Crippen LogP contribution in [-0.2, 0) is 41.5 Å². The number of urea groups is 2. The van der Waals surface area contributed by atoms with E-state index in [0.29, 0.717) is 103 Å². The number of nitrogens with one attached hydrogen (secondary N) is 7. The number of carbonyl (C=O) groups is 4. The molecule has 69 heavy (non-hydrogen) atoms. The summed E-state index contributed by atoms with van der Waals surface area (Å²) in [4.78, 5) is 56.9. The van der Waals surface area contributed by atoms with E-state index in [1.165, 1.54) is 11.8 Å². The molecule has 0 aliphatic carbocycles. The first-order chi connectivity index (χ1) is 33.6. The van der Waals surface area contributed by atoms with Gasteiger partial charge in [0.1, 0.15) is 23.6 Å². The van der Waals surface area contributed by atoms with E-state index in [-0.39, 0.29) is 64.5 Å². The molecule has 23 heteroatoms. The Morgan fingerprint density at radius 1 is 0.855 bits per heavy atom. The van der Waals surface area contributed by atoms with E-state index in [1.807, 2.05) is 45.1 Å². The maximum Gasteiger partial charge on any atom is 0.321 e. The van der Waals surface area contributed by atoms with Crippen molar-refractivity contribution >= 4 is 53.1 Å². The lowest BCUT2D eigenvalue weighted by Crippen LogP contribution is -2.53. The molecule has 21 nitrogen and oxygen atoms in total. The number of hydrogen-bond acceptors (Lipinski definition) is 17. The number of hydrogen-bond donors (Lipinski definition) is 7. The molecule has 4 saturated heterocycles. The van der Waals surface area contributed by atoms with Gasteiger partial charge in [0.25, 0.3) is 0 Å². The fraction of sp³-hybridized carbons (Fsp3) is 0.652. The Balaban J connectivity index is 0.676. The van der Waals surface area contributed by atoms with Crippen LogP contribution >= 0.6 is 23.5 Å². The maximum absolute atomic E-state index is 13.5. The Labute approximate surface area is 413 Å². The monoisotopic (exact) mass is 1000 g/mol. The van der Waals surface area contributed by atoms with Gasteiger partial charge >= 0.3 is 12.1 Å². The summed E-state index contributed by atoms with van der Waals surface area (Å²) in [5.41, 5.74) is 9.04. The number of likely N-dealkylation sites (N-methyl/N-ethyl adjacent to an activating group) is 1. The first kappa shape index (κ1) is 52.7. The van der Waals surface area contributed by atoms with E-state index < -0.39 is 0 Å². The van der Waals surface area contributed by atoms with Crippen molar-refractivity contribution in [3.63, 3.8) is 0 Å². The third kappa shape index (κ3) is 17.0. The van der Waals surface area contributed by atoms with Gasteiger partial charge < -0.3 is 64.4 Å². The number of amides is 6. The van der Waals surface area contributed by atoms with Crippen LogP contribution in [0.15, 0.2) is 42.5 Å². The maximum atomic E-state index is 13.5. The van der Waals surface area contributed by atoms with Crippen molar-refractivity contribution in [3.8, 4) is 11.5 Å². The highest BCUT2D eigenvalue weighted by Gasteiger charge is 2.33. The normalized spacial score (nSPS) is 24.1. The van der Waals surface area contributed by atoms with Crippen molar-refractivity contribution in [3.05, 3.63) is 53.6 Å². The molecule has 0 spiro atoms. The Kier molecular flexibility index (Phi) is 21.0. The van der Waals surface area contributed by atoms with Crippen molar-refractivity contribution in [2.75, 3.05) is 136 Å². The molecule has 5 aliphatic rings. The summed E-state index contributed by atoms with van der Waals surface area (Å²) in [6.07, 6.45) is 1.09. The molecule has 0 radical (unpaired) electrons. The fourth-order valence-corrected chi connectivity index (χ4v) is 10.6. The minimum absolute atomic E-state index is 0.0192. The zero-order valence-electron chi connectivity index (χ0n) is 40.0. The van der Waals surface area contributed by atoms with Gasteiger partial charge in [-0.3, -0.25) is 14.9 Å². The Hall–Kier alpha value is -4.14. The van der Waals surface area contributed by atoms with E-state index >= 15 is 0 Å². The highest BCUT2D eigenvalue weighted by molar-refractivity contribution is 8.00. The number of fused-ring (bicyclic) bond motifs is 1. The second kappa shape index (κ2) is 27.5. The molecule has 5 aliphatic heterocycles. The van der Waals surface area contributed by atoms with Crippen LogP contribution in [0.1, 0.15) is 24.5 Å². The summed E-state index contributed by atoms with van der Waals surface area (Å²) in [6.45, 7) is 11.8. The Morgan fingerprint density at radius 3 is 2.33 bits per heavy atom. The molecule has 2 aromatic rings. The predicted molar refractivity (Wildman–Crippen MR) is 264 cm³/mol. The van der Waals surface area contributed by atoms with Crippen LogP contribution in [0.25, 0.3) is 0 Å². The fourth-order valence-electron chi connectivity index (χ4n) is 8.42. The topological polar surface area (TPSA) is 221 Å². The van der Waals surface area contributed by atoms with Gasteiger partial charge in [0, 0.05) is 82.2 Å². The second-order valence-corrected chi connectivity index (χ2v) is 20.1. The summed E-state index contributed by atoms with van der Waals surface area (Å²) in [5, 5.41) is 16.8. The summed E-state index contributed by atoms with van der Waals surface area (Å²) in [5.74, 6) is 2.90. The molecule has 2 aromatic carbocycles. The third-order valence-corrected chi connectivity index (χ3v) is 15.0. The zero-order chi connectivity index (χ0) is 48.4. The number of anilines is 1. The average Bonchev–Trinajstić information content (AvgIpc) is 4.00. The van der Waals surface area contributed by atoms with E-state index in [2.05, 4.69) is 56.4 Å². The summed E-state index contributed by atoms with van der Waals surface area (Å²) in [6, 6.07) is 12.7. The zero-order valence-corrected chi connectivity index (χ0v) is 41.7. The smallest absolute Gasteiger partial charge is 0.321 e. The largest absolute Gasteiger partial charge is 0.497 e. The Morgan fingerprint density at radius 2 is 1.58 bits per heavy atom. The first-order valence-corrected chi connectivity index (χ1v) is 26.0. The van der Waals surface area contributed by atoms with Crippen molar-refractivity contribution < 1.29 is 47.6 Å². The van der Waals surface area contributed by atoms with Crippen molar-refractivity contribution in [2.45, 2.75) is 55.3 Å². The number of rotatable bonds is 25. The number of thioether (sulfide) groups is 2. The quantitative estimate of drug-likeness (QED) is 0.0692. The van der Waals surface area contributed by atoms with E-state index in [0.717, 1.165) is 55.4 Å². The number of benzene rings is 2. The van der Waals surface area contributed by atoms with Gasteiger partial charge in [-0.2, -0.15) is 5.53 Å². The molecule has 0 saturated carbocycles. The minimum Gasteiger partial charge on any atom is -0.497 e. The van der Waals surface area contributed by atoms with Gasteiger partial charge in [-0.05, 0) is 61.0 Å². The molecule has 382 valence electrons. The van der Waals surface area contributed by atoms with Crippen LogP contribution < -0.4 is 47.0 Å². The molecule has 0 aromatic heterocycles. The van der Waals surface area contributed by atoms with Crippen molar-refractivity contribution in [1.29, 1.82) is 0 Å². The lowest BCUT2D eigenvalue weighted by Gasteiger charge is -2.37. The Bertz CT molecular complexity index is 1960. The van der Waals surface area contributed by atoms with Gasteiger partial charge in [0.15, 0.2) is 0 Å². The molecular weight excluding hydrogens is 931 g/mol. The van der Waals surface area contributed by atoms with Gasteiger partial charge in [-0.1, -0.05) is 13.0 Å². The molecule has 7 N–H and O–H groups in total. The van der Waals surface area contributed by atoms with Gasteiger partial charge in [0.2, 0.25) is 11.8 Å². The predicted octanol–water partition coefficient (Wildman–Crippen LogP) is 1.07. The summed E-state index contributed by atoms with van der Waals surface area (Å²) >= 11 is 3.06. The summed E-state index contributed by atoms with van der Waals surface area (Å²) < 4.78 is 34.7. The SMILES string of the molecule is COc1ccc2c(c1)CC(COCCOCCOCCOCC1CN(CCOc3ccc(NC(=O)NC4NC(CC(=O)N5CCN(C)CC5)CS4)cc3)NN1)N(C(=O)CSC1NC(=O)NCC1C)C2. The molecule has 6 amide bonds. The van der Waals surface area contributed by atoms with Crippen LogP contribution in [0.2, 0.25) is 0 Å². The highest BCUT2D eigenvalue weighted by atomic mass is 32.2. The van der Waals surface area contributed by atoms with Crippen LogP contribution in [0.3, 0.4) is 0 Å². The molecular formula is C46H71N11O10S2. The van der Waals surface area contributed by atoms with Crippen molar-refractivity contribution in [2.24, 2.45) is 5.92 Å². The van der Waals surface area contributed by atoms with Crippen LogP contribution in [0, 0.1) is 5.92 Å². The van der Waals surface area contributed by atoms with Crippen LogP contribution in [-0.4, -0.2) is 204 Å². The van der Waals surface area contributed by atoms with E-state index in [9.17, 15) is 19.2 Å². The highest BCUT2D eigenvalue weighted by Crippen LogP contribution is 2.29. The van der Waals surface area contributed by atoms with Crippen LogP contribution in [0.5, 0.6) is 11.5 Å². The molecule has 6 atom stereocenters. The van der Waals surface area contributed by atoms with Gasteiger partial charge in [-0.15, -0.1) is 23.5 Å². The van der Waals surface area contributed by atoms with Gasteiger partial charge in [0.05, 0.1) is 83.2 Å². The van der Waals surface area contributed by atoms with Crippen LogP contribution in [0.4, 0.5) is 15.3 Å². The lowest BCUT2D eigenvalue weighted by molar-refractivity contribution is -0.134. The van der Waals surface area contributed by atoms with E-state index in [4.69, 9.17) is 28.4 Å². The number of methoxy groups -OCH3 is 1. The third-order valence-electron chi connectivity index (χ3n) is 12.5. The number of ether oxygens (including phenoxy) is 6. The molecule has 7 rings (SSSR count). The number of nitrogens with zero attached hydrogens (tertiary/aromatic N) is 4. The molecule has 0 bridgehead atoms. The minimum atomic E-state index is -0.319. The second-order valence-electron chi connectivity index (χ2n) is 17.8. The standard InChI is InChI=1S/C46H71N11O10S2/c1-32-25-47-44(60)50-43(32)68-31-42(59)57-26-33-4-7-40(62-3)23-34(33)22-38(57)29-66-21-19-64-17-16-63-18-20-65-28-37-27-56(53-52-37)14-15-67-39-8-5-35(6-9-39)48-45(61)51-46-49-36(30-69-46)24-41(58)55-12-10-54(2)11-13-55/h4-9,23,32,36-38,43,46,49,52-53H,10-22,24-31H2,1-3H3,(H2,47,50,60)(H2,48,51,61). The first-order valence-electron chi connectivity index (χ1n) is 23.9. The number of carbonyl (C=O) groups excluding carboxylic acids is 4. The lowest BCUT2D eigenvalue weighted by atomic mass is 9.94. The molecule has 6 unspecified atom stereocenters. The average molecular weight is 1000 g/mol. The number of hydrazine groups is 2. The molecule has 5 heterocycles. The van der Waals surface area contributed by atoms with Crippen molar-refractivity contribution in [1.82, 2.24) is 51.9 Å². The number of piperazine rings is 1. The summed E-state index contributed by atoms with van der Waals surface area (Å²) in [7, 11) is 3.72.